The maximum Gasteiger partial charge on any atom is 0.251 e. The van der Waals surface area contributed by atoms with Crippen LogP contribution in [0.5, 0.6) is 0 Å². The second-order valence-electron chi connectivity index (χ2n) is 7.86. The van der Waals surface area contributed by atoms with Crippen molar-refractivity contribution >= 4 is 11.8 Å². The Morgan fingerprint density at radius 3 is 2.33 bits per heavy atom. The Kier molecular flexibility index (Phi) is 7.27. The highest BCUT2D eigenvalue weighted by Gasteiger charge is 2.27. The molecule has 0 bridgehead atoms. The summed E-state index contributed by atoms with van der Waals surface area (Å²) in [7, 11) is 0. The maximum atomic E-state index is 12.8. The van der Waals surface area contributed by atoms with Gasteiger partial charge in [0.05, 0.1) is 6.54 Å². The van der Waals surface area contributed by atoms with E-state index in [-0.39, 0.29) is 17.9 Å². The monoisotopic (exact) mass is 371 g/mol. The highest BCUT2D eigenvalue weighted by Crippen LogP contribution is 2.23. The van der Waals surface area contributed by atoms with Crippen molar-refractivity contribution < 1.29 is 9.59 Å². The van der Waals surface area contributed by atoms with Crippen molar-refractivity contribution in [2.24, 2.45) is 0 Å². The fourth-order valence-corrected chi connectivity index (χ4v) is 4.41. The zero-order chi connectivity index (χ0) is 19.1. The molecule has 1 aromatic rings. The minimum Gasteiger partial charge on any atom is -0.349 e. The summed E-state index contributed by atoms with van der Waals surface area (Å²) in [6.45, 7) is 5.16. The van der Waals surface area contributed by atoms with E-state index in [1.807, 2.05) is 30.3 Å². The zero-order valence-electron chi connectivity index (χ0n) is 16.5. The number of hydrogen-bond donors (Lipinski definition) is 1. The summed E-state index contributed by atoms with van der Waals surface area (Å²) in [5.41, 5.74) is 0.709. The number of hydrogen-bond acceptors (Lipinski definition) is 3. The molecule has 3 rings (SSSR count). The van der Waals surface area contributed by atoms with Gasteiger partial charge in [0.1, 0.15) is 0 Å². The Hall–Kier alpha value is -1.88. The maximum absolute atomic E-state index is 12.8. The second kappa shape index (κ2) is 9.88. The summed E-state index contributed by atoms with van der Waals surface area (Å²) >= 11 is 0. The van der Waals surface area contributed by atoms with Crippen LogP contribution in [0.3, 0.4) is 0 Å². The molecule has 5 heteroatoms. The SMILES string of the molecule is CCN(C(=O)CN1CCC(NC(=O)c2ccccc2)CC1)C1CCCCC1. The van der Waals surface area contributed by atoms with Crippen molar-refractivity contribution in [1.29, 1.82) is 0 Å². The topological polar surface area (TPSA) is 52.7 Å². The second-order valence-corrected chi connectivity index (χ2v) is 7.86. The van der Waals surface area contributed by atoms with Crippen LogP contribution in [0.15, 0.2) is 30.3 Å². The van der Waals surface area contributed by atoms with E-state index in [1.165, 1.54) is 19.3 Å². The molecule has 148 valence electrons. The van der Waals surface area contributed by atoms with Crippen molar-refractivity contribution in [3.63, 3.8) is 0 Å². The molecule has 1 saturated heterocycles. The van der Waals surface area contributed by atoms with Gasteiger partial charge in [0.2, 0.25) is 5.91 Å². The van der Waals surface area contributed by atoms with E-state index in [9.17, 15) is 9.59 Å². The number of piperidine rings is 1. The van der Waals surface area contributed by atoms with Crippen molar-refractivity contribution in [1.82, 2.24) is 15.1 Å². The Balaban J connectivity index is 1.43. The standard InChI is InChI=1S/C22H33N3O2/c1-2-25(20-11-7-4-8-12-20)21(26)17-24-15-13-19(14-16-24)23-22(27)18-9-5-3-6-10-18/h3,5-6,9-10,19-20H,2,4,7-8,11-17H2,1H3,(H,23,27). The van der Waals surface area contributed by atoms with Crippen molar-refractivity contribution in [2.45, 2.75) is 64.0 Å². The lowest BCUT2D eigenvalue weighted by Crippen LogP contribution is -2.50. The quantitative estimate of drug-likeness (QED) is 0.836. The number of rotatable bonds is 6. The van der Waals surface area contributed by atoms with Gasteiger partial charge in [-0.3, -0.25) is 14.5 Å². The van der Waals surface area contributed by atoms with Crippen LogP contribution in [-0.2, 0) is 4.79 Å². The Morgan fingerprint density at radius 1 is 1.04 bits per heavy atom. The van der Waals surface area contributed by atoms with Crippen LogP contribution in [0.2, 0.25) is 0 Å². The van der Waals surface area contributed by atoms with Gasteiger partial charge in [-0.2, -0.15) is 0 Å². The van der Waals surface area contributed by atoms with E-state index >= 15 is 0 Å². The molecule has 1 aromatic carbocycles. The molecule has 1 aliphatic carbocycles. The largest absolute Gasteiger partial charge is 0.349 e. The summed E-state index contributed by atoms with van der Waals surface area (Å²) < 4.78 is 0. The number of carbonyl (C=O) groups excluding carboxylic acids is 2. The molecule has 0 atom stereocenters. The summed E-state index contributed by atoms with van der Waals surface area (Å²) in [5.74, 6) is 0.274. The third-order valence-corrected chi connectivity index (χ3v) is 5.99. The van der Waals surface area contributed by atoms with Crippen molar-refractivity contribution in [3.05, 3.63) is 35.9 Å². The number of likely N-dealkylation sites (tertiary alicyclic amines) is 1. The van der Waals surface area contributed by atoms with E-state index in [0.717, 1.165) is 45.3 Å². The van der Waals surface area contributed by atoms with E-state index in [1.54, 1.807) is 0 Å². The van der Waals surface area contributed by atoms with Gasteiger partial charge in [-0.25, -0.2) is 0 Å². The Labute approximate surface area is 163 Å². The lowest BCUT2D eigenvalue weighted by molar-refractivity contribution is -0.135. The minimum atomic E-state index is -0.000386. The molecule has 27 heavy (non-hydrogen) atoms. The zero-order valence-corrected chi connectivity index (χ0v) is 16.5. The average molecular weight is 372 g/mol. The van der Waals surface area contributed by atoms with Crippen LogP contribution in [-0.4, -0.2) is 59.9 Å². The number of nitrogens with one attached hydrogen (secondary N) is 1. The van der Waals surface area contributed by atoms with Gasteiger partial charge in [-0.15, -0.1) is 0 Å². The molecular formula is C22H33N3O2. The first-order valence-corrected chi connectivity index (χ1v) is 10.5. The van der Waals surface area contributed by atoms with Crippen LogP contribution < -0.4 is 5.32 Å². The van der Waals surface area contributed by atoms with Crippen LogP contribution >= 0.6 is 0 Å². The van der Waals surface area contributed by atoms with Gasteiger partial charge < -0.3 is 10.2 Å². The molecule has 2 aliphatic rings. The molecule has 2 amide bonds. The number of amides is 2. The molecule has 1 N–H and O–H groups in total. The first-order chi connectivity index (χ1) is 13.2. The molecule has 1 saturated carbocycles. The summed E-state index contributed by atoms with van der Waals surface area (Å²) in [6, 6.07) is 10.0. The molecule has 0 aromatic heterocycles. The minimum absolute atomic E-state index is 0.000386. The third-order valence-electron chi connectivity index (χ3n) is 5.99. The van der Waals surface area contributed by atoms with Crippen molar-refractivity contribution in [2.75, 3.05) is 26.2 Å². The average Bonchev–Trinajstić information content (AvgIpc) is 2.71. The van der Waals surface area contributed by atoms with Crippen molar-refractivity contribution in [3.8, 4) is 0 Å². The molecule has 0 unspecified atom stereocenters. The Bertz CT molecular complexity index is 605. The summed E-state index contributed by atoms with van der Waals surface area (Å²) in [4.78, 5) is 29.4. The molecule has 5 nitrogen and oxygen atoms in total. The van der Waals surface area contributed by atoms with Gasteiger partial charge in [0, 0.05) is 37.3 Å². The van der Waals surface area contributed by atoms with Crippen LogP contribution in [0.4, 0.5) is 0 Å². The number of carbonyl (C=O) groups is 2. The highest BCUT2D eigenvalue weighted by molar-refractivity contribution is 5.94. The summed E-state index contributed by atoms with van der Waals surface area (Å²) in [5, 5.41) is 3.13. The molecule has 1 aliphatic heterocycles. The van der Waals surface area contributed by atoms with E-state index in [0.29, 0.717) is 18.2 Å². The first kappa shape index (κ1) is 19.9. The van der Waals surface area contributed by atoms with Crippen LogP contribution in [0, 0.1) is 0 Å². The highest BCUT2D eigenvalue weighted by atomic mass is 16.2. The predicted molar refractivity (Wildman–Crippen MR) is 108 cm³/mol. The number of benzene rings is 1. The lowest BCUT2D eigenvalue weighted by Gasteiger charge is -2.37. The van der Waals surface area contributed by atoms with E-state index < -0.39 is 0 Å². The van der Waals surface area contributed by atoms with Gasteiger partial charge in [-0.1, -0.05) is 37.5 Å². The fourth-order valence-electron chi connectivity index (χ4n) is 4.41. The van der Waals surface area contributed by atoms with Gasteiger partial charge >= 0.3 is 0 Å². The number of nitrogens with zero attached hydrogens (tertiary/aromatic N) is 2. The van der Waals surface area contributed by atoms with Gasteiger partial charge in [0.25, 0.3) is 5.91 Å². The molecule has 0 radical (unpaired) electrons. The number of likely N-dealkylation sites (N-methyl/N-ethyl adjacent to an activating group) is 1. The van der Waals surface area contributed by atoms with Gasteiger partial charge in [0.15, 0.2) is 0 Å². The van der Waals surface area contributed by atoms with Crippen LogP contribution in [0.1, 0.15) is 62.2 Å². The predicted octanol–water partition coefficient (Wildman–Crippen LogP) is 3.06. The normalized spacial score (nSPS) is 19.6. The van der Waals surface area contributed by atoms with E-state index in [2.05, 4.69) is 22.0 Å². The van der Waals surface area contributed by atoms with Gasteiger partial charge in [-0.05, 0) is 44.7 Å². The van der Waals surface area contributed by atoms with Crippen LogP contribution in [0.25, 0.3) is 0 Å². The molecular weight excluding hydrogens is 338 g/mol. The molecule has 0 spiro atoms. The lowest BCUT2D eigenvalue weighted by atomic mass is 9.94. The molecule has 1 heterocycles. The fraction of sp³-hybridized carbons (Fsp3) is 0.636. The smallest absolute Gasteiger partial charge is 0.251 e. The Morgan fingerprint density at radius 2 is 1.70 bits per heavy atom. The first-order valence-electron chi connectivity index (χ1n) is 10.5. The third kappa shape index (κ3) is 5.55. The molecule has 2 fully saturated rings. The summed E-state index contributed by atoms with van der Waals surface area (Å²) in [6.07, 6.45) is 7.94. The van der Waals surface area contributed by atoms with E-state index in [4.69, 9.17) is 0 Å².